The van der Waals surface area contributed by atoms with E-state index in [1.54, 1.807) is 49.3 Å². The van der Waals surface area contributed by atoms with Gasteiger partial charge in [-0.3, -0.25) is 44.2 Å². The standard InChI is InChI=1S/C16H13FN4O2.2C10H8N2.Ru/c1-10-2-4-18-13(6-10)14-7-11(3-5-19-14)8-21-9-12(17)15(22)20-16(21)23;2*1-3-7-11-9(5-1)10-6-2-4-8-12-10;/h2-7,9H,8H2,1H3,(H,20,22,23);2*1-8H;. The average Bonchev–Trinajstić information content (AvgIpc) is 3.13. The molecule has 48 heavy (non-hydrogen) atoms. The molecular weight excluding hydrogens is 697 g/mol. The normalized spacial score (nSPS) is 9.96. The molecule has 7 heterocycles. The number of hydrogen-bond donors (Lipinski definition) is 1. The zero-order valence-corrected chi connectivity index (χ0v) is 27.4. The Balaban J connectivity index is 0.000000176. The molecule has 0 aromatic carbocycles. The van der Waals surface area contributed by atoms with E-state index in [9.17, 15) is 14.0 Å². The largest absolute Gasteiger partial charge is 0.328 e. The van der Waals surface area contributed by atoms with Gasteiger partial charge in [-0.2, -0.15) is 4.39 Å². The number of rotatable bonds is 5. The predicted molar refractivity (Wildman–Crippen MR) is 178 cm³/mol. The number of aromatic nitrogens is 8. The van der Waals surface area contributed by atoms with Crippen LogP contribution in [0.3, 0.4) is 0 Å². The number of pyridine rings is 6. The molecule has 0 aliphatic rings. The fourth-order valence-electron chi connectivity index (χ4n) is 4.24. The van der Waals surface area contributed by atoms with Crippen molar-refractivity contribution in [1.82, 2.24) is 39.5 Å². The summed E-state index contributed by atoms with van der Waals surface area (Å²) >= 11 is 0. The molecule has 7 aromatic rings. The van der Waals surface area contributed by atoms with Crippen LogP contribution < -0.4 is 11.2 Å². The molecule has 0 fully saturated rings. The third-order valence-corrected chi connectivity index (χ3v) is 6.51. The Morgan fingerprint density at radius 2 is 1.02 bits per heavy atom. The second-order valence-corrected chi connectivity index (χ2v) is 9.99. The molecule has 0 saturated carbocycles. The van der Waals surface area contributed by atoms with Crippen LogP contribution in [0.2, 0.25) is 0 Å². The molecule has 0 aliphatic carbocycles. The van der Waals surface area contributed by atoms with Gasteiger partial charge in [-0.1, -0.05) is 24.3 Å². The van der Waals surface area contributed by atoms with Crippen LogP contribution in [0.5, 0.6) is 0 Å². The van der Waals surface area contributed by atoms with Gasteiger partial charge in [-0.15, -0.1) is 0 Å². The Kier molecular flexibility index (Phi) is 12.9. The summed E-state index contributed by atoms with van der Waals surface area (Å²) in [6, 6.07) is 30.5. The van der Waals surface area contributed by atoms with Gasteiger partial charge in [-0.25, -0.2) is 4.79 Å². The molecule has 0 bridgehead atoms. The zero-order chi connectivity index (χ0) is 32.8. The van der Waals surface area contributed by atoms with Gasteiger partial charge in [-0.05, 0) is 90.8 Å². The summed E-state index contributed by atoms with van der Waals surface area (Å²) < 4.78 is 14.4. The van der Waals surface area contributed by atoms with Gasteiger partial charge in [0.1, 0.15) is 0 Å². The monoisotopic (exact) mass is 726 g/mol. The number of aromatic amines is 1. The first-order valence-corrected chi connectivity index (χ1v) is 14.5. The van der Waals surface area contributed by atoms with Crippen LogP contribution in [-0.4, -0.2) is 39.5 Å². The molecule has 0 amide bonds. The maximum absolute atomic E-state index is 13.3. The van der Waals surface area contributed by atoms with Crippen molar-refractivity contribution in [2.75, 3.05) is 0 Å². The topological polar surface area (TPSA) is 132 Å². The van der Waals surface area contributed by atoms with Crippen molar-refractivity contribution in [2.45, 2.75) is 13.5 Å². The third-order valence-electron chi connectivity index (χ3n) is 6.51. The minimum absolute atomic E-state index is 0. The Bertz CT molecular complexity index is 1980. The first-order valence-electron chi connectivity index (χ1n) is 14.5. The van der Waals surface area contributed by atoms with E-state index in [0.29, 0.717) is 11.4 Å². The van der Waals surface area contributed by atoms with Gasteiger partial charge >= 0.3 is 5.69 Å². The minimum Gasteiger partial charge on any atom is -0.293 e. The molecule has 10 nitrogen and oxygen atoms in total. The Morgan fingerprint density at radius 1 is 0.583 bits per heavy atom. The molecule has 240 valence electrons. The van der Waals surface area contributed by atoms with Crippen LogP contribution in [0, 0.1) is 12.7 Å². The zero-order valence-electron chi connectivity index (χ0n) is 25.7. The second kappa shape index (κ2) is 17.7. The van der Waals surface area contributed by atoms with E-state index in [1.165, 1.54) is 0 Å². The van der Waals surface area contributed by atoms with Crippen LogP contribution in [0.25, 0.3) is 34.2 Å². The summed E-state index contributed by atoms with van der Waals surface area (Å²) in [6.45, 7) is 2.07. The summed E-state index contributed by atoms with van der Waals surface area (Å²) in [4.78, 5) is 50.0. The number of aryl methyl sites for hydroxylation is 1. The Morgan fingerprint density at radius 3 is 1.46 bits per heavy atom. The van der Waals surface area contributed by atoms with Gasteiger partial charge in [0.2, 0.25) is 5.82 Å². The fourth-order valence-corrected chi connectivity index (χ4v) is 4.24. The number of nitrogens with zero attached hydrogens (tertiary/aromatic N) is 7. The van der Waals surface area contributed by atoms with Crippen molar-refractivity contribution in [3.63, 3.8) is 0 Å². The summed E-state index contributed by atoms with van der Waals surface area (Å²) in [7, 11) is 0. The summed E-state index contributed by atoms with van der Waals surface area (Å²) in [5, 5.41) is 0. The SMILES string of the molecule is Cc1ccnc(-c2cc(Cn3cc(F)c(=O)[nH]c3=O)ccn2)c1.[Ru].c1ccc(-c2ccccn2)nc1.c1ccc(-c2ccccn2)nc1. The van der Waals surface area contributed by atoms with Gasteiger partial charge < -0.3 is 0 Å². The van der Waals surface area contributed by atoms with Crippen molar-refractivity contribution in [3.05, 3.63) is 178 Å². The van der Waals surface area contributed by atoms with E-state index in [-0.39, 0.29) is 26.0 Å². The third kappa shape index (κ3) is 10.1. The molecule has 7 aromatic heterocycles. The smallest absolute Gasteiger partial charge is 0.293 e. The molecule has 0 saturated heterocycles. The molecule has 0 unspecified atom stereocenters. The first kappa shape index (κ1) is 35.0. The summed E-state index contributed by atoms with van der Waals surface area (Å²) in [5.74, 6) is -1.00. The molecule has 0 aliphatic heterocycles. The van der Waals surface area contributed by atoms with Crippen LogP contribution in [-0.2, 0) is 26.0 Å². The van der Waals surface area contributed by atoms with Crippen molar-refractivity contribution in [2.24, 2.45) is 0 Å². The fraction of sp³-hybridized carbons (Fsp3) is 0.0556. The van der Waals surface area contributed by atoms with E-state index in [4.69, 9.17) is 0 Å². The summed E-state index contributed by atoms with van der Waals surface area (Å²) in [5.41, 5.74) is 5.14. The van der Waals surface area contributed by atoms with Crippen LogP contribution in [0.1, 0.15) is 11.1 Å². The molecule has 0 spiro atoms. The van der Waals surface area contributed by atoms with Crippen molar-refractivity contribution < 1.29 is 23.9 Å². The van der Waals surface area contributed by atoms with Crippen LogP contribution in [0.15, 0.2) is 150 Å². The van der Waals surface area contributed by atoms with E-state index in [0.717, 1.165) is 44.7 Å². The average molecular weight is 726 g/mol. The maximum atomic E-state index is 13.3. The quantitative estimate of drug-likeness (QED) is 0.221. The van der Waals surface area contributed by atoms with Gasteiger partial charge in [0, 0.05) is 56.7 Å². The van der Waals surface area contributed by atoms with Crippen molar-refractivity contribution in [1.29, 1.82) is 0 Å². The molecule has 0 atom stereocenters. The number of H-pyrrole nitrogens is 1. The maximum Gasteiger partial charge on any atom is 0.328 e. The van der Waals surface area contributed by atoms with E-state index >= 15 is 0 Å². The minimum atomic E-state index is -1.02. The van der Waals surface area contributed by atoms with Gasteiger partial charge in [0.25, 0.3) is 5.56 Å². The number of hydrogen-bond acceptors (Lipinski definition) is 8. The van der Waals surface area contributed by atoms with Crippen molar-refractivity contribution in [3.8, 4) is 34.2 Å². The Labute approximate surface area is 288 Å². The molecule has 12 heteroatoms. The first-order chi connectivity index (χ1) is 23.0. The summed E-state index contributed by atoms with van der Waals surface area (Å²) in [6.07, 6.45) is 11.3. The second-order valence-electron chi connectivity index (χ2n) is 9.99. The molecule has 7 rings (SSSR count). The molecule has 1 N–H and O–H groups in total. The van der Waals surface area contributed by atoms with Crippen LogP contribution in [0.4, 0.5) is 4.39 Å². The number of halogens is 1. The van der Waals surface area contributed by atoms with E-state index < -0.39 is 17.1 Å². The molecular formula is C36H29FN8O2Ru. The van der Waals surface area contributed by atoms with E-state index in [1.807, 2.05) is 96.8 Å². The predicted octanol–water partition coefficient (Wildman–Crippen LogP) is 5.77. The molecule has 0 radical (unpaired) electrons. The van der Waals surface area contributed by atoms with Crippen LogP contribution >= 0.6 is 0 Å². The number of nitrogens with one attached hydrogen (secondary N) is 1. The Hall–Kier alpha value is -5.87. The van der Waals surface area contributed by atoms with Gasteiger partial charge in [0.05, 0.1) is 46.9 Å². The van der Waals surface area contributed by atoms with Gasteiger partial charge in [0.15, 0.2) is 0 Å². The van der Waals surface area contributed by atoms with E-state index in [2.05, 4.69) is 29.9 Å². The van der Waals surface area contributed by atoms with Crippen molar-refractivity contribution >= 4 is 0 Å².